The van der Waals surface area contributed by atoms with Gasteiger partial charge in [0.15, 0.2) is 0 Å². The molecule has 2 aliphatic carbocycles. The summed E-state index contributed by atoms with van der Waals surface area (Å²) in [6, 6.07) is 0. The van der Waals surface area contributed by atoms with Crippen molar-refractivity contribution in [3.8, 4) is 0 Å². The Balaban J connectivity index is -0.0000000213. The fraction of sp³-hybridized carbons (Fsp3) is 0. The van der Waals surface area contributed by atoms with Crippen LogP contribution in [0.25, 0.3) is 0 Å². The summed E-state index contributed by atoms with van der Waals surface area (Å²) in [5.74, 6) is 0. The van der Waals surface area contributed by atoms with Crippen molar-refractivity contribution in [3.05, 3.63) is 104 Å². The second-order valence-electron chi connectivity index (χ2n) is 1.92. The van der Waals surface area contributed by atoms with Gasteiger partial charge in [-0.15, -0.1) is 0 Å². The third-order valence-electron chi connectivity index (χ3n) is 1.11. The number of hydrogen-bond acceptors (Lipinski definition) is 0. The van der Waals surface area contributed by atoms with Crippen LogP contribution in [-0.4, -0.2) is 0 Å². The zero-order chi connectivity index (χ0) is 19.1. The van der Waals surface area contributed by atoms with Crippen molar-refractivity contribution < 1.29 is 62.6 Å². The maximum atomic E-state index is 7.50. The van der Waals surface area contributed by atoms with Crippen LogP contribution in [0.3, 0.4) is 0 Å². The van der Waals surface area contributed by atoms with Crippen LogP contribution < -0.4 is 0 Å². The summed E-state index contributed by atoms with van der Waals surface area (Å²) in [5.41, 5.74) is 0. The van der Waals surface area contributed by atoms with Crippen LogP contribution in [-0.2, 0) is 62.6 Å². The van der Waals surface area contributed by atoms with E-state index >= 15 is 0 Å². The summed E-state index contributed by atoms with van der Waals surface area (Å²) in [6.07, 6.45) is 20.0. The molecule has 0 aromatic carbocycles. The van der Waals surface area contributed by atoms with Gasteiger partial charge in [-0.25, -0.2) is 0 Å². The van der Waals surface area contributed by atoms with Gasteiger partial charge in [0.25, 0.3) is 0 Å². The first kappa shape index (κ1) is 49.5. The van der Waals surface area contributed by atoms with Gasteiger partial charge >= 0.3 is 67.8 Å². The zero-order valence-corrected chi connectivity index (χ0v) is 14.6. The number of rotatable bonds is 0. The largest absolute Gasteiger partial charge is 0.0312 e. The molecule has 0 heterocycles. The first-order chi connectivity index (χ1) is 11.0. The van der Waals surface area contributed by atoms with E-state index in [0.717, 1.165) is 0 Å². The van der Waals surface area contributed by atoms with Gasteiger partial charge < -0.3 is 0 Å². The van der Waals surface area contributed by atoms with Crippen LogP contribution in [0.1, 0.15) is 0 Å². The van der Waals surface area contributed by atoms with Crippen molar-refractivity contribution in [1.82, 2.24) is 0 Å². The molecule has 0 bridgehead atoms. The van der Waals surface area contributed by atoms with Gasteiger partial charge in [-0.1, -0.05) is 0 Å². The second kappa shape index (κ2) is 115. The minimum atomic E-state index is 0. The molecule has 6 nitrogen and oxygen atoms in total. The van der Waals surface area contributed by atoms with E-state index < -0.39 is 0 Å². The maximum absolute atomic E-state index is 7.50. The molecule has 24 heavy (non-hydrogen) atoms. The van der Waals surface area contributed by atoms with E-state index in [1.54, 1.807) is 0 Å². The summed E-state index contributed by atoms with van der Waals surface area (Å²) in [7, 11) is 0. The topological polar surface area (TPSA) is 119 Å². The van der Waals surface area contributed by atoms with Gasteiger partial charge in [0.05, 0.1) is 0 Å². The molecule has 0 unspecified atom stereocenters. The Morgan fingerprint density at radius 2 is 0.292 bits per heavy atom. The molecule has 122 valence electrons. The van der Waals surface area contributed by atoms with Gasteiger partial charge in [0, 0.05) is 34.7 Å². The monoisotopic (exact) mass is 402 g/mol. The third kappa shape index (κ3) is 100. The van der Waals surface area contributed by atoms with Crippen LogP contribution >= 0.6 is 0 Å². The summed E-state index contributed by atoms with van der Waals surface area (Å²) >= 11 is 0. The quantitative estimate of drug-likeness (QED) is 0.434. The number of hydrogen-bond donors (Lipinski definition) is 0. The molecule has 0 aromatic heterocycles. The molecule has 0 saturated heterocycles. The average Bonchev–Trinajstić information content (AvgIpc) is 3.43. The van der Waals surface area contributed by atoms with E-state index in [-0.39, 0.29) is 34.7 Å². The second-order valence-corrected chi connectivity index (χ2v) is 1.92. The van der Waals surface area contributed by atoms with Crippen molar-refractivity contribution >= 4 is 0 Å². The molecule has 8 heteroatoms. The Hall–Kier alpha value is -0.495. The Bertz CT molecular complexity index is 189. The molecule has 0 aromatic rings. The van der Waals surface area contributed by atoms with Crippen LogP contribution in [0.15, 0.2) is 0 Å². The summed E-state index contributed by atoms with van der Waals surface area (Å²) in [6.45, 7) is 27.0. The molecular weight excluding hydrogens is 392 g/mol. The average molecular weight is 402 g/mol. The SMILES string of the molecule is [C-]#[O+].[C-]#[O+].[C-]#[O+].[C-]#[O+].[C-]#[O+].[C-]#[O+].[CH]1[CH][CH][CH][CH]1.[CH]1[CH][CH][CH][CH]1.[Cr].[Cr]. The molecule has 2 saturated carbocycles. The molecule has 2 rings (SSSR count). The molecule has 0 amide bonds. The molecule has 0 atom stereocenters. The van der Waals surface area contributed by atoms with Gasteiger partial charge in [-0.05, 0) is 64.2 Å². The van der Waals surface area contributed by atoms with Crippen LogP contribution in [0, 0.1) is 104 Å². The molecule has 2 fully saturated rings. The van der Waals surface area contributed by atoms with E-state index in [1.165, 1.54) is 0 Å². The summed E-state index contributed by atoms with van der Waals surface area (Å²) < 4.78 is 45.0. The minimum absolute atomic E-state index is 0. The van der Waals surface area contributed by atoms with E-state index in [0.29, 0.717) is 0 Å². The molecular formula is C16H10Cr2O6. The molecule has 0 aliphatic heterocycles. The molecule has 0 N–H and O–H groups in total. The van der Waals surface area contributed by atoms with E-state index in [2.05, 4.69) is 39.9 Å². The molecule has 2 aliphatic rings. The first-order valence-electron chi connectivity index (χ1n) is 4.56. The Morgan fingerprint density at radius 1 is 0.250 bits per heavy atom. The third-order valence-corrected chi connectivity index (χ3v) is 1.11. The van der Waals surface area contributed by atoms with Crippen LogP contribution in [0.2, 0.25) is 0 Å². The van der Waals surface area contributed by atoms with Crippen molar-refractivity contribution in [2.75, 3.05) is 0 Å². The van der Waals surface area contributed by atoms with Gasteiger partial charge in [-0.2, -0.15) is 0 Å². The van der Waals surface area contributed by atoms with Gasteiger partial charge in [-0.3, -0.25) is 0 Å². The first-order valence-corrected chi connectivity index (χ1v) is 4.56. The maximum Gasteiger partial charge on any atom is 0 e. The van der Waals surface area contributed by atoms with E-state index in [1.807, 2.05) is 64.2 Å². The fourth-order valence-electron chi connectivity index (χ4n) is 0.642. The van der Waals surface area contributed by atoms with Gasteiger partial charge in [0.1, 0.15) is 0 Å². The summed E-state index contributed by atoms with van der Waals surface area (Å²) in [4.78, 5) is 0. The van der Waals surface area contributed by atoms with Gasteiger partial charge in [0.2, 0.25) is 0 Å². The van der Waals surface area contributed by atoms with Crippen molar-refractivity contribution in [2.24, 2.45) is 0 Å². The predicted octanol–water partition coefficient (Wildman–Crippen LogP) is 1.81. The zero-order valence-electron chi connectivity index (χ0n) is 12.0. The van der Waals surface area contributed by atoms with Crippen molar-refractivity contribution in [1.29, 1.82) is 0 Å². The van der Waals surface area contributed by atoms with Crippen molar-refractivity contribution in [3.63, 3.8) is 0 Å². The molecule has 10 radical (unpaired) electrons. The smallest absolute Gasteiger partial charge is 0 e. The molecule has 0 spiro atoms. The standard InChI is InChI=1S/2C5H5.6CO.2Cr/c2*1-2-4-5-3-1;6*1-2;;/h2*1-5H;;;;;;;;. The van der Waals surface area contributed by atoms with Crippen molar-refractivity contribution in [2.45, 2.75) is 0 Å². The fourth-order valence-corrected chi connectivity index (χ4v) is 0.642. The normalized spacial score (nSPS) is 10.5. The van der Waals surface area contributed by atoms with E-state index in [4.69, 9.17) is 27.9 Å². The van der Waals surface area contributed by atoms with E-state index in [9.17, 15) is 0 Å². The minimum Gasteiger partial charge on any atom is -0.0312 e. The Morgan fingerprint density at radius 3 is 0.333 bits per heavy atom. The Kier molecular flexibility index (Phi) is 238. The summed E-state index contributed by atoms with van der Waals surface area (Å²) in [5, 5.41) is 0. The van der Waals surface area contributed by atoms with Crippen LogP contribution in [0.5, 0.6) is 0 Å². The van der Waals surface area contributed by atoms with Crippen LogP contribution in [0.4, 0.5) is 0 Å². The Labute approximate surface area is 166 Å². The predicted molar refractivity (Wildman–Crippen MR) is 66.6 cm³/mol.